The minimum atomic E-state index is -3.96. The number of pyridine rings is 2. The average molecular weight is 472 g/mol. The van der Waals surface area contributed by atoms with Crippen LogP contribution in [0, 0.1) is 0 Å². The van der Waals surface area contributed by atoms with Crippen LogP contribution in [0.3, 0.4) is 0 Å². The van der Waals surface area contributed by atoms with Crippen LogP contribution in [0.15, 0.2) is 71.8 Å². The lowest BCUT2D eigenvalue weighted by atomic mass is 10.2. The molecule has 0 radical (unpaired) electrons. The molecule has 0 fully saturated rings. The Balaban J connectivity index is 1.60. The van der Waals surface area contributed by atoms with Crippen LogP contribution < -0.4 is 18.9 Å². The molecule has 0 atom stereocenters. The molecule has 0 saturated heterocycles. The van der Waals surface area contributed by atoms with Gasteiger partial charge in [0, 0.05) is 11.5 Å². The second-order valence-electron chi connectivity index (χ2n) is 6.57. The van der Waals surface area contributed by atoms with Crippen molar-refractivity contribution < 1.29 is 22.6 Å². The topological polar surface area (TPSA) is 99.6 Å². The predicted octanol–water partition coefficient (Wildman–Crippen LogP) is 4.89. The molecule has 0 saturated carbocycles. The van der Waals surface area contributed by atoms with E-state index in [0.29, 0.717) is 11.5 Å². The van der Waals surface area contributed by atoms with E-state index in [2.05, 4.69) is 14.7 Å². The number of nitrogens with zero attached hydrogens (tertiary/aromatic N) is 2. The summed E-state index contributed by atoms with van der Waals surface area (Å²) in [5, 5.41) is 1.10. The molecule has 0 spiro atoms. The van der Waals surface area contributed by atoms with Gasteiger partial charge in [0.1, 0.15) is 16.6 Å². The number of sulfonamides is 1. The number of benzene rings is 2. The normalized spacial score (nSPS) is 11.2. The Bertz CT molecular complexity index is 1400. The molecule has 2 heterocycles. The summed E-state index contributed by atoms with van der Waals surface area (Å²) in [4.78, 5) is 8.52. The summed E-state index contributed by atoms with van der Waals surface area (Å²) >= 11 is 6.21. The summed E-state index contributed by atoms with van der Waals surface area (Å²) in [5.41, 5.74) is 0.815. The van der Waals surface area contributed by atoms with Crippen molar-refractivity contribution in [3.63, 3.8) is 0 Å². The van der Waals surface area contributed by atoms with Crippen LogP contribution in [0.25, 0.3) is 10.9 Å². The first-order valence-electron chi connectivity index (χ1n) is 9.33. The van der Waals surface area contributed by atoms with E-state index < -0.39 is 10.0 Å². The van der Waals surface area contributed by atoms with Crippen LogP contribution >= 0.6 is 11.6 Å². The van der Waals surface area contributed by atoms with Gasteiger partial charge in [0.25, 0.3) is 10.0 Å². The zero-order valence-electron chi connectivity index (χ0n) is 17.1. The van der Waals surface area contributed by atoms with Crippen molar-refractivity contribution in [1.82, 2.24) is 9.97 Å². The van der Waals surface area contributed by atoms with Gasteiger partial charge in [-0.1, -0.05) is 29.8 Å². The lowest BCUT2D eigenvalue weighted by Crippen LogP contribution is -2.14. The van der Waals surface area contributed by atoms with Crippen LogP contribution in [0.4, 0.5) is 5.82 Å². The number of methoxy groups -OCH3 is 2. The van der Waals surface area contributed by atoms with Gasteiger partial charge < -0.3 is 14.2 Å². The Morgan fingerprint density at radius 1 is 0.938 bits per heavy atom. The molecule has 164 valence electrons. The third-order valence-electron chi connectivity index (χ3n) is 4.50. The van der Waals surface area contributed by atoms with E-state index in [-0.39, 0.29) is 27.4 Å². The Hall–Kier alpha value is -3.56. The van der Waals surface area contributed by atoms with Gasteiger partial charge in [0.05, 0.1) is 30.8 Å². The third-order valence-corrected chi connectivity index (χ3v) is 6.14. The number of aromatic nitrogens is 2. The molecule has 2 aromatic heterocycles. The number of rotatable bonds is 7. The van der Waals surface area contributed by atoms with Gasteiger partial charge in [0.2, 0.25) is 5.88 Å². The Kier molecular flexibility index (Phi) is 6.02. The molecular weight excluding hydrogens is 454 g/mol. The fraction of sp³-hybridized carbons (Fsp3) is 0.0909. The summed E-state index contributed by atoms with van der Waals surface area (Å²) in [5.74, 6) is 1.19. The molecule has 2 aromatic carbocycles. The maximum absolute atomic E-state index is 12.8. The lowest BCUT2D eigenvalue weighted by Gasteiger charge is -2.12. The summed E-state index contributed by atoms with van der Waals surface area (Å²) in [7, 11) is -1.07. The van der Waals surface area contributed by atoms with Gasteiger partial charge in [-0.2, -0.15) is 4.98 Å². The highest BCUT2D eigenvalue weighted by molar-refractivity contribution is 7.92. The number of hydrogen-bond acceptors (Lipinski definition) is 7. The van der Waals surface area contributed by atoms with Crippen molar-refractivity contribution in [2.45, 2.75) is 4.90 Å². The lowest BCUT2D eigenvalue weighted by molar-refractivity contribution is 0.354. The van der Waals surface area contributed by atoms with Gasteiger partial charge in [-0.3, -0.25) is 9.71 Å². The fourth-order valence-corrected chi connectivity index (χ4v) is 4.11. The maximum atomic E-state index is 12.8. The van der Waals surface area contributed by atoms with Crippen molar-refractivity contribution in [2.75, 3.05) is 18.9 Å². The van der Waals surface area contributed by atoms with Crippen molar-refractivity contribution in [3.05, 3.63) is 71.9 Å². The quantitative estimate of drug-likeness (QED) is 0.409. The van der Waals surface area contributed by atoms with Crippen molar-refractivity contribution in [2.24, 2.45) is 0 Å². The van der Waals surface area contributed by atoms with Gasteiger partial charge >= 0.3 is 0 Å². The van der Waals surface area contributed by atoms with E-state index >= 15 is 0 Å². The smallest absolute Gasteiger partial charge is 0.263 e. The number of anilines is 1. The van der Waals surface area contributed by atoms with Crippen LogP contribution in [-0.4, -0.2) is 32.6 Å². The molecule has 0 aliphatic rings. The number of ether oxygens (including phenoxy) is 3. The highest BCUT2D eigenvalue weighted by atomic mass is 35.5. The van der Waals surface area contributed by atoms with Crippen molar-refractivity contribution >= 4 is 38.3 Å². The molecule has 0 aliphatic heterocycles. The number of fused-ring (bicyclic) bond motifs is 1. The second-order valence-corrected chi connectivity index (χ2v) is 8.66. The van der Waals surface area contributed by atoms with Gasteiger partial charge in [-0.05, 0) is 36.4 Å². The van der Waals surface area contributed by atoms with Crippen LogP contribution in [0.2, 0.25) is 5.02 Å². The van der Waals surface area contributed by atoms with Crippen LogP contribution in [0.1, 0.15) is 0 Å². The highest BCUT2D eigenvalue weighted by Gasteiger charge is 2.19. The SMILES string of the molecule is COc1ccc(S(=O)(=O)Nc2ccc(Cl)c(Oc3cnc4ccccc4c3)n2)cc1OC. The molecular formula is C22H18ClN3O5S. The summed E-state index contributed by atoms with van der Waals surface area (Å²) in [6, 6.07) is 16.5. The minimum absolute atomic E-state index is 0.0203. The number of hydrogen-bond donors (Lipinski definition) is 1. The first-order valence-corrected chi connectivity index (χ1v) is 11.2. The highest BCUT2D eigenvalue weighted by Crippen LogP contribution is 2.32. The molecule has 0 unspecified atom stereocenters. The minimum Gasteiger partial charge on any atom is -0.493 e. The largest absolute Gasteiger partial charge is 0.493 e. The summed E-state index contributed by atoms with van der Waals surface area (Å²) in [6.45, 7) is 0. The van der Waals surface area contributed by atoms with E-state index in [9.17, 15) is 8.42 Å². The second kappa shape index (κ2) is 8.89. The fourth-order valence-electron chi connectivity index (χ4n) is 2.95. The zero-order chi connectivity index (χ0) is 22.7. The molecule has 32 heavy (non-hydrogen) atoms. The van der Waals surface area contributed by atoms with Gasteiger partial charge in [-0.25, -0.2) is 8.42 Å². The predicted molar refractivity (Wildman–Crippen MR) is 121 cm³/mol. The number of para-hydroxylation sites is 1. The Morgan fingerprint density at radius 2 is 1.72 bits per heavy atom. The van der Waals surface area contributed by atoms with Crippen LogP contribution in [-0.2, 0) is 10.0 Å². The van der Waals surface area contributed by atoms with Gasteiger partial charge in [-0.15, -0.1) is 0 Å². The zero-order valence-corrected chi connectivity index (χ0v) is 18.6. The van der Waals surface area contributed by atoms with E-state index in [1.807, 2.05) is 24.3 Å². The van der Waals surface area contributed by atoms with Crippen LogP contribution in [0.5, 0.6) is 23.1 Å². The molecule has 4 aromatic rings. The van der Waals surface area contributed by atoms with E-state index in [0.717, 1.165) is 10.9 Å². The molecule has 0 aliphatic carbocycles. The maximum Gasteiger partial charge on any atom is 0.263 e. The van der Waals surface area contributed by atoms with E-state index in [4.69, 9.17) is 25.8 Å². The Morgan fingerprint density at radius 3 is 2.50 bits per heavy atom. The van der Waals surface area contributed by atoms with Gasteiger partial charge in [0.15, 0.2) is 11.5 Å². The molecule has 1 N–H and O–H groups in total. The van der Waals surface area contributed by atoms with E-state index in [1.54, 1.807) is 12.3 Å². The van der Waals surface area contributed by atoms with Crippen molar-refractivity contribution in [3.8, 4) is 23.1 Å². The molecule has 0 amide bonds. The molecule has 4 rings (SSSR count). The Labute approximate surface area is 189 Å². The monoisotopic (exact) mass is 471 g/mol. The third kappa shape index (κ3) is 4.53. The first-order chi connectivity index (χ1) is 15.4. The average Bonchev–Trinajstić information content (AvgIpc) is 2.80. The summed E-state index contributed by atoms with van der Waals surface area (Å²) < 4.78 is 44.2. The molecule has 0 bridgehead atoms. The number of nitrogens with one attached hydrogen (secondary N) is 1. The molecule has 10 heteroatoms. The first kappa shape index (κ1) is 21.7. The summed E-state index contributed by atoms with van der Waals surface area (Å²) in [6.07, 6.45) is 1.54. The standard InChI is InChI=1S/C22H18ClN3O5S/c1-29-19-9-7-16(12-20(19)30-2)32(27,28)26-21-10-8-17(23)22(25-21)31-15-11-14-5-3-4-6-18(14)24-13-15/h3-13H,1-2H3,(H,25,26). The van der Waals surface area contributed by atoms with Crippen molar-refractivity contribution in [1.29, 1.82) is 0 Å². The molecule has 8 nitrogen and oxygen atoms in total. The van der Waals surface area contributed by atoms with E-state index in [1.165, 1.54) is 44.6 Å². The number of halogens is 1.